The minimum absolute atomic E-state index is 0.0695. The third kappa shape index (κ3) is 3.98. The van der Waals surface area contributed by atoms with Crippen LogP contribution in [0, 0.1) is 0 Å². The second kappa shape index (κ2) is 8.92. The molecule has 2 aromatic rings. The number of hydrogen-bond donors (Lipinski definition) is 1. The highest BCUT2D eigenvalue weighted by Crippen LogP contribution is 2.44. The first kappa shape index (κ1) is 21.0. The molecule has 3 atom stereocenters. The third-order valence-corrected chi connectivity index (χ3v) is 6.60. The summed E-state index contributed by atoms with van der Waals surface area (Å²) in [5.41, 5.74) is 4.53. The van der Waals surface area contributed by atoms with Gasteiger partial charge in [0.2, 0.25) is 0 Å². The third-order valence-electron chi connectivity index (χ3n) is 6.60. The van der Waals surface area contributed by atoms with Crippen molar-refractivity contribution < 1.29 is 28.9 Å². The van der Waals surface area contributed by atoms with Gasteiger partial charge in [0.25, 0.3) is 0 Å². The molecule has 1 N–H and O–H groups in total. The molecule has 5 rings (SSSR count). The van der Waals surface area contributed by atoms with Gasteiger partial charge in [-0.25, -0.2) is 9.59 Å². The quantitative estimate of drug-likeness (QED) is 0.761. The maximum Gasteiger partial charge on any atom is 0.410 e. The van der Waals surface area contributed by atoms with Crippen molar-refractivity contribution in [2.45, 2.75) is 50.0 Å². The summed E-state index contributed by atoms with van der Waals surface area (Å²) in [5.74, 6) is -1.12. The number of amides is 1. The van der Waals surface area contributed by atoms with Gasteiger partial charge in [0.15, 0.2) is 6.29 Å². The average Bonchev–Trinajstić information content (AvgIpc) is 3.38. The molecule has 7 heteroatoms. The fraction of sp³-hybridized carbons (Fsp3) is 0.440. The van der Waals surface area contributed by atoms with Gasteiger partial charge in [-0.1, -0.05) is 48.5 Å². The topological polar surface area (TPSA) is 85.3 Å². The number of likely N-dealkylation sites (tertiary alicyclic amines) is 1. The van der Waals surface area contributed by atoms with E-state index >= 15 is 0 Å². The maximum atomic E-state index is 12.9. The average molecular weight is 437 g/mol. The fourth-order valence-corrected chi connectivity index (χ4v) is 5.04. The number of carboxylic acids is 1. The zero-order chi connectivity index (χ0) is 22.1. The van der Waals surface area contributed by atoms with Crippen LogP contribution in [0.2, 0.25) is 0 Å². The molecule has 2 aliphatic heterocycles. The Morgan fingerprint density at radius 2 is 1.72 bits per heavy atom. The molecule has 0 radical (unpaired) electrons. The predicted molar refractivity (Wildman–Crippen MR) is 116 cm³/mol. The molecule has 0 saturated carbocycles. The van der Waals surface area contributed by atoms with Crippen LogP contribution in [0.4, 0.5) is 4.79 Å². The highest BCUT2D eigenvalue weighted by Gasteiger charge is 2.42. The molecule has 168 valence electrons. The first-order valence-corrected chi connectivity index (χ1v) is 11.2. The molecule has 3 aliphatic rings. The normalized spacial score (nSPS) is 24.8. The summed E-state index contributed by atoms with van der Waals surface area (Å²) in [6.07, 6.45) is 1.74. The van der Waals surface area contributed by atoms with E-state index in [1.165, 1.54) is 4.90 Å². The number of hydrogen-bond acceptors (Lipinski definition) is 5. The molecule has 2 aromatic carbocycles. The molecule has 0 spiro atoms. The van der Waals surface area contributed by atoms with Gasteiger partial charge in [0.1, 0.15) is 12.6 Å². The fourth-order valence-electron chi connectivity index (χ4n) is 5.04. The summed E-state index contributed by atoms with van der Waals surface area (Å²) < 4.78 is 17.2. The van der Waals surface area contributed by atoms with Crippen LogP contribution in [0.3, 0.4) is 0 Å². The van der Waals surface area contributed by atoms with Gasteiger partial charge >= 0.3 is 12.1 Å². The van der Waals surface area contributed by atoms with Crippen molar-refractivity contribution in [3.05, 3.63) is 59.7 Å². The number of fused-ring (bicyclic) bond motifs is 3. The van der Waals surface area contributed by atoms with E-state index in [2.05, 4.69) is 24.3 Å². The molecule has 1 aliphatic carbocycles. The lowest BCUT2D eigenvalue weighted by atomic mass is 9.98. The number of nitrogens with zero attached hydrogens (tertiary/aromatic N) is 1. The monoisotopic (exact) mass is 437 g/mol. The summed E-state index contributed by atoms with van der Waals surface area (Å²) in [6, 6.07) is 15.3. The van der Waals surface area contributed by atoms with E-state index in [-0.39, 0.29) is 37.9 Å². The van der Waals surface area contributed by atoms with E-state index in [1.807, 2.05) is 24.3 Å². The van der Waals surface area contributed by atoms with E-state index in [9.17, 15) is 14.7 Å². The minimum Gasteiger partial charge on any atom is -0.480 e. The Hall–Kier alpha value is -2.90. The van der Waals surface area contributed by atoms with Crippen molar-refractivity contribution in [2.75, 3.05) is 19.8 Å². The Morgan fingerprint density at radius 3 is 2.34 bits per heavy atom. The SMILES string of the molecule is O=C(O)[C@@H]1CC(OC2CCCCO2)CN1C(=O)OCC1c2ccccc2-c2ccccc21. The summed E-state index contributed by atoms with van der Waals surface area (Å²) in [6.45, 7) is 0.996. The number of ether oxygens (including phenoxy) is 3. The van der Waals surface area contributed by atoms with Gasteiger partial charge in [-0.2, -0.15) is 0 Å². The van der Waals surface area contributed by atoms with Crippen LogP contribution < -0.4 is 0 Å². The highest BCUT2D eigenvalue weighted by atomic mass is 16.7. The van der Waals surface area contributed by atoms with Crippen LogP contribution >= 0.6 is 0 Å². The molecule has 32 heavy (non-hydrogen) atoms. The lowest BCUT2D eigenvalue weighted by molar-refractivity contribution is -0.185. The second-order valence-electron chi connectivity index (χ2n) is 8.60. The van der Waals surface area contributed by atoms with Crippen molar-refractivity contribution in [1.29, 1.82) is 0 Å². The van der Waals surface area contributed by atoms with Gasteiger partial charge in [0, 0.05) is 18.9 Å². The van der Waals surface area contributed by atoms with Crippen LogP contribution in [-0.2, 0) is 19.0 Å². The van der Waals surface area contributed by atoms with E-state index < -0.39 is 18.1 Å². The van der Waals surface area contributed by atoms with Gasteiger partial charge in [-0.05, 0) is 41.5 Å². The van der Waals surface area contributed by atoms with Gasteiger partial charge in [-0.15, -0.1) is 0 Å². The summed E-state index contributed by atoms with van der Waals surface area (Å²) >= 11 is 0. The molecule has 2 heterocycles. The Balaban J connectivity index is 1.26. The van der Waals surface area contributed by atoms with Crippen LogP contribution in [0.5, 0.6) is 0 Å². The standard InChI is InChI=1S/C25H27NO6/c27-24(28)22-13-16(32-23-11-5-6-12-30-23)14-26(22)25(29)31-15-21-19-9-3-1-7-17(19)18-8-2-4-10-20(18)21/h1-4,7-10,16,21-23H,5-6,11-15H2,(H,27,28)/t16?,22-,23?/m0/s1. The van der Waals surface area contributed by atoms with E-state index in [4.69, 9.17) is 14.2 Å². The molecule has 7 nitrogen and oxygen atoms in total. The summed E-state index contributed by atoms with van der Waals surface area (Å²) in [5, 5.41) is 9.66. The number of carboxylic acid groups (broad SMARTS) is 1. The van der Waals surface area contributed by atoms with Crippen molar-refractivity contribution in [2.24, 2.45) is 0 Å². The molecular formula is C25H27NO6. The van der Waals surface area contributed by atoms with E-state index in [0.717, 1.165) is 41.5 Å². The van der Waals surface area contributed by atoms with Gasteiger partial charge in [0.05, 0.1) is 12.6 Å². The van der Waals surface area contributed by atoms with E-state index in [0.29, 0.717) is 6.61 Å². The van der Waals surface area contributed by atoms with Crippen molar-refractivity contribution in [1.82, 2.24) is 4.90 Å². The van der Waals surface area contributed by atoms with Crippen LogP contribution in [0.15, 0.2) is 48.5 Å². The molecule has 0 bridgehead atoms. The molecule has 2 fully saturated rings. The van der Waals surface area contributed by atoms with Crippen molar-refractivity contribution >= 4 is 12.1 Å². The Kier molecular flexibility index (Phi) is 5.85. The lowest BCUT2D eigenvalue weighted by Crippen LogP contribution is -2.41. The van der Waals surface area contributed by atoms with Crippen LogP contribution in [0.25, 0.3) is 11.1 Å². The number of carbonyl (C=O) groups is 2. The molecule has 1 amide bonds. The zero-order valence-corrected chi connectivity index (χ0v) is 17.8. The first-order valence-electron chi connectivity index (χ1n) is 11.2. The smallest absolute Gasteiger partial charge is 0.410 e. The predicted octanol–water partition coefficient (Wildman–Crippen LogP) is 4.01. The summed E-state index contributed by atoms with van der Waals surface area (Å²) in [7, 11) is 0. The zero-order valence-electron chi connectivity index (χ0n) is 17.8. The Bertz CT molecular complexity index is 956. The van der Waals surface area contributed by atoms with E-state index in [1.54, 1.807) is 0 Å². The molecular weight excluding hydrogens is 410 g/mol. The minimum atomic E-state index is -1.05. The molecule has 0 aromatic heterocycles. The van der Waals surface area contributed by atoms with Gasteiger partial charge in [-0.3, -0.25) is 4.90 Å². The second-order valence-corrected chi connectivity index (χ2v) is 8.60. The number of carbonyl (C=O) groups excluding carboxylic acids is 1. The van der Waals surface area contributed by atoms with Crippen LogP contribution in [-0.4, -0.2) is 60.3 Å². The molecule has 2 unspecified atom stereocenters. The Labute approximate surface area is 186 Å². The molecule has 2 saturated heterocycles. The van der Waals surface area contributed by atoms with Crippen molar-refractivity contribution in [3.8, 4) is 11.1 Å². The largest absolute Gasteiger partial charge is 0.480 e. The Morgan fingerprint density at radius 1 is 1.03 bits per heavy atom. The van der Waals surface area contributed by atoms with Crippen molar-refractivity contribution in [3.63, 3.8) is 0 Å². The summed E-state index contributed by atoms with van der Waals surface area (Å²) in [4.78, 5) is 26.0. The van der Waals surface area contributed by atoms with Gasteiger partial charge < -0.3 is 19.3 Å². The highest BCUT2D eigenvalue weighted by molar-refractivity contribution is 5.81. The maximum absolute atomic E-state index is 12.9. The number of aliphatic carboxylic acids is 1. The lowest BCUT2D eigenvalue weighted by Gasteiger charge is -2.26. The first-order chi connectivity index (χ1) is 15.6. The number of benzene rings is 2. The van der Waals surface area contributed by atoms with Crippen LogP contribution in [0.1, 0.15) is 42.7 Å². The number of rotatable bonds is 5.